The quantitative estimate of drug-likeness (QED) is 0.480. The second-order valence-corrected chi connectivity index (χ2v) is 7.15. The van der Waals surface area contributed by atoms with Gasteiger partial charge in [-0.3, -0.25) is 10.1 Å². The number of halogens is 2. The van der Waals surface area contributed by atoms with Crippen LogP contribution < -0.4 is 15.1 Å². The molecule has 2 heterocycles. The van der Waals surface area contributed by atoms with Gasteiger partial charge in [-0.15, -0.1) is 0 Å². The zero-order chi connectivity index (χ0) is 21.1. The third kappa shape index (κ3) is 4.11. The number of rotatable bonds is 5. The van der Waals surface area contributed by atoms with Crippen molar-refractivity contribution in [1.82, 2.24) is 9.97 Å². The van der Waals surface area contributed by atoms with Gasteiger partial charge in [0.15, 0.2) is 0 Å². The van der Waals surface area contributed by atoms with Crippen molar-refractivity contribution in [3.63, 3.8) is 0 Å². The number of para-hydroxylation sites is 1. The summed E-state index contributed by atoms with van der Waals surface area (Å²) >= 11 is 5.89. The summed E-state index contributed by atoms with van der Waals surface area (Å²) in [6, 6.07) is 13.4. The van der Waals surface area contributed by atoms with Crippen LogP contribution in [0.1, 0.15) is 0 Å². The van der Waals surface area contributed by atoms with Gasteiger partial charge in [-0.05, 0) is 36.4 Å². The summed E-state index contributed by atoms with van der Waals surface area (Å²) < 4.78 is 14.1. The van der Waals surface area contributed by atoms with Crippen LogP contribution in [0.2, 0.25) is 5.02 Å². The van der Waals surface area contributed by atoms with Crippen molar-refractivity contribution >= 4 is 40.3 Å². The van der Waals surface area contributed by atoms with Crippen molar-refractivity contribution in [2.24, 2.45) is 0 Å². The van der Waals surface area contributed by atoms with Crippen LogP contribution in [-0.4, -0.2) is 41.1 Å². The van der Waals surface area contributed by atoms with Crippen molar-refractivity contribution in [3.05, 3.63) is 75.8 Å². The van der Waals surface area contributed by atoms with Gasteiger partial charge in [0.1, 0.15) is 12.1 Å². The van der Waals surface area contributed by atoms with Crippen LogP contribution in [0.5, 0.6) is 0 Å². The maximum absolute atomic E-state index is 14.1. The molecule has 0 amide bonds. The van der Waals surface area contributed by atoms with Crippen LogP contribution in [0.25, 0.3) is 0 Å². The highest BCUT2D eigenvalue weighted by atomic mass is 35.5. The Bertz CT molecular complexity index is 1060. The number of hydrogen-bond donors (Lipinski definition) is 1. The molecule has 1 aromatic heterocycles. The first-order chi connectivity index (χ1) is 14.5. The van der Waals surface area contributed by atoms with E-state index in [1.165, 1.54) is 12.4 Å². The Morgan fingerprint density at radius 2 is 1.67 bits per heavy atom. The molecule has 1 fully saturated rings. The number of nitrogens with one attached hydrogen (secondary N) is 1. The highest BCUT2D eigenvalue weighted by Gasteiger charge is 2.29. The molecule has 1 aliphatic rings. The van der Waals surface area contributed by atoms with E-state index in [-0.39, 0.29) is 23.1 Å². The molecule has 2 aromatic carbocycles. The molecule has 1 aliphatic heterocycles. The van der Waals surface area contributed by atoms with Crippen molar-refractivity contribution in [3.8, 4) is 0 Å². The third-order valence-corrected chi connectivity index (χ3v) is 5.12. The van der Waals surface area contributed by atoms with Crippen molar-refractivity contribution in [1.29, 1.82) is 0 Å². The Morgan fingerprint density at radius 3 is 2.33 bits per heavy atom. The van der Waals surface area contributed by atoms with E-state index in [1.807, 2.05) is 9.80 Å². The molecule has 0 saturated carbocycles. The summed E-state index contributed by atoms with van der Waals surface area (Å²) in [5.41, 5.74) is 0.947. The van der Waals surface area contributed by atoms with Crippen LogP contribution in [0, 0.1) is 15.9 Å². The van der Waals surface area contributed by atoms with E-state index in [1.54, 1.807) is 42.5 Å². The van der Waals surface area contributed by atoms with Gasteiger partial charge in [-0.2, -0.15) is 0 Å². The van der Waals surface area contributed by atoms with Gasteiger partial charge >= 0.3 is 5.69 Å². The summed E-state index contributed by atoms with van der Waals surface area (Å²) in [4.78, 5) is 23.3. The molecule has 1 saturated heterocycles. The van der Waals surface area contributed by atoms with Gasteiger partial charge in [0.2, 0.25) is 11.6 Å². The molecule has 1 N–H and O–H groups in total. The number of hydrogen-bond acceptors (Lipinski definition) is 7. The Balaban J connectivity index is 1.56. The van der Waals surface area contributed by atoms with E-state index >= 15 is 0 Å². The minimum atomic E-state index is -0.489. The molecule has 10 heteroatoms. The number of piperazine rings is 1. The van der Waals surface area contributed by atoms with Crippen molar-refractivity contribution in [2.75, 3.05) is 41.3 Å². The summed E-state index contributed by atoms with van der Waals surface area (Å²) in [5.74, 6) is 0.0527. The lowest BCUT2D eigenvalue weighted by Crippen LogP contribution is -2.47. The topological polar surface area (TPSA) is 87.4 Å². The molecule has 3 aromatic rings. The Kier molecular flexibility index (Phi) is 5.62. The molecule has 8 nitrogen and oxygen atoms in total. The molecule has 154 valence electrons. The lowest BCUT2D eigenvalue weighted by Gasteiger charge is -2.36. The molecular weight excluding hydrogens is 411 g/mol. The van der Waals surface area contributed by atoms with Gasteiger partial charge < -0.3 is 15.1 Å². The first kappa shape index (κ1) is 19.8. The fraction of sp³-hybridized carbons (Fsp3) is 0.200. The van der Waals surface area contributed by atoms with E-state index in [2.05, 4.69) is 15.3 Å². The number of benzene rings is 2. The van der Waals surface area contributed by atoms with Gasteiger partial charge in [0, 0.05) is 36.9 Å². The van der Waals surface area contributed by atoms with E-state index in [0.717, 1.165) is 0 Å². The maximum atomic E-state index is 14.1. The first-order valence-electron chi connectivity index (χ1n) is 9.29. The fourth-order valence-corrected chi connectivity index (χ4v) is 3.52. The van der Waals surface area contributed by atoms with E-state index in [4.69, 9.17) is 11.6 Å². The average Bonchev–Trinajstić information content (AvgIpc) is 2.75. The molecular formula is C20H18ClFN6O2. The van der Waals surface area contributed by atoms with Crippen molar-refractivity contribution < 1.29 is 9.31 Å². The van der Waals surface area contributed by atoms with Crippen molar-refractivity contribution in [2.45, 2.75) is 0 Å². The Morgan fingerprint density at radius 1 is 1.00 bits per heavy atom. The molecule has 0 unspecified atom stereocenters. The standard InChI is InChI=1S/C20H18ClFN6O2/c21-14-5-7-15(8-6-14)25-19-18(28(29)30)20(24-13-23-19)27-11-9-26(10-12-27)17-4-2-1-3-16(17)22/h1-8,13H,9-12H2,(H,23,24,25). The van der Waals surface area contributed by atoms with Crippen LogP contribution in [0.4, 0.5) is 33.1 Å². The summed E-state index contributed by atoms with van der Waals surface area (Å²) in [5, 5.41) is 15.4. The predicted molar refractivity (Wildman–Crippen MR) is 114 cm³/mol. The summed E-state index contributed by atoms with van der Waals surface area (Å²) in [6.45, 7) is 1.96. The zero-order valence-corrected chi connectivity index (χ0v) is 16.6. The number of nitro groups is 1. The molecule has 0 radical (unpaired) electrons. The lowest BCUT2D eigenvalue weighted by atomic mass is 10.2. The second-order valence-electron chi connectivity index (χ2n) is 6.71. The Labute approximate surface area is 177 Å². The molecule has 4 rings (SSSR count). The average molecular weight is 429 g/mol. The minimum absolute atomic E-state index is 0.101. The molecule has 0 bridgehead atoms. The zero-order valence-electron chi connectivity index (χ0n) is 15.8. The van der Waals surface area contributed by atoms with E-state index in [0.29, 0.717) is 42.6 Å². The number of nitrogens with zero attached hydrogens (tertiary/aromatic N) is 5. The molecule has 30 heavy (non-hydrogen) atoms. The molecule has 0 spiro atoms. The van der Waals surface area contributed by atoms with Gasteiger partial charge in [-0.25, -0.2) is 14.4 Å². The first-order valence-corrected chi connectivity index (χ1v) is 9.67. The van der Waals surface area contributed by atoms with E-state index < -0.39 is 4.92 Å². The second kappa shape index (κ2) is 8.50. The van der Waals surface area contributed by atoms with Gasteiger partial charge in [0.05, 0.1) is 10.6 Å². The summed E-state index contributed by atoms with van der Waals surface area (Å²) in [7, 11) is 0. The molecule has 0 atom stereocenters. The van der Waals surface area contributed by atoms with Crippen LogP contribution in [0.15, 0.2) is 54.9 Å². The van der Waals surface area contributed by atoms with Gasteiger partial charge in [-0.1, -0.05) is 23.7 Å². The van der Waals surface area contributed by atoms with E-state index in [9.17, 15) is 14.5 Å². The van der Waals surface area contributed by atoms with Crippen LogP contribution in [-0.2, 0) is 0 Å². The normalized spacial score (nSPS) is 13.9. The minimum Gasteiger partial charge on any atom is -0.366 e. The highest BCUT2D eigenvalue weighted by Crippen LogP contribution is 2.34. The lowest BCUT2D eigenvalue weighted by molar-refractivity contribution is -0.383. The monoisotopic (exact) mass is 428 g/mol. The fourth-order valence-electron chi connectivity index (χ4n) is 3.40. The third-order valence-electron chi connectivity index (χ3n) is 4.86. The largest absolute Gasteiger partial charge is 0.366 e. The van der Waals surface area contributed by atoms with Crippen LogP contribution >= 0.6 is 11.6 Å². The number of aromatic nitrogens is 2. The highest BCUT2D eigenvalue weighted by molar-refractivity contribution is 6.30. The maximum Gasteiger partial charge on any atom is 0.353 e. The summed E-state index contributed by atoms with van der Waals surface area (Å²) in [6.07, 6.45) is 1.30. The molecule has 0 aliphatic carbocycles. The SMILES string of the molecule is O=[N+]([O-])c1c(Nc2ccc(Cl)cc2)ncnc1N1CCN(c2ccccc2F)CC1. The smallest absolute Gasteiger partial charge is 0.353 e. The van der Waals surface area contributed by atoms with Gasteiger partial charge in [0.25, 0.3) is 0 Å². The predicted octanol–water partition coefficient (Wildman–Crippen LogP) is 4.25. The Hall–Kier alpha value is -3.46. The number of anilines is 4. The van der Waals surface area contributed by atoms with Crippen LogP contribution in [0.3, 0.4) is 0 Å².